The fourth-order valence-electron chi connectivity index (χ4n) is 1.52. The third-order valence-electron chi connectivity index (χ3n) is 2.46. The maximum Gasteiger partial charge on any atom is 0.146 e. The van der Waals surface area contributed by atoms with Gasteiger partial charge in [-0.25, -0.2) is 4.39 Å². The SMILES string of the molecule is Nc1ccc(CC2CNC2)cc1F. The summed E-state index contributed by atoms with van der Waals surface area (Å²) in [6.07, 6.45) is 0.949. The second kappa shape index (κ2) is 3.34. The van der Waals surface area contributed by atoms with E-state index in [-0.39, 0.29) is 11.5 Å². The van der Waals surface area contributed by atoms with Crippen molar-refractivity contribution in [3.05, 3.63) is 29.6 Å². The quantitative estimate of drug-likeness (QED) is 0.670. The van der Waals surface area contributed by atoms with Gasteiger partial charge in [0.2, 0.25) is 0 Å². The molecule has 3 heteroatoms. The first-order chi connectivity index (χ1) is 6.25. The van der Waals surface area contributed by atoms with Crippen molar-refractivity contribution in [2.24, 2.45) is 5.92 Å². The molecular weight excluding hydrogens is 167 g/mol. The van der Waals surface area contributed by atoms with Crippen LogP contribution in [0.1, 0.15) is 5.56 Å². The third-order valence-corrected chi connectivity index (χ3v) is 2.46. The molecule has 1 heterocycles. The van der Waals surface area contributed by atoms with Crippen molar-refractivity contribution in [2.75, 3.05) is 18.8 Å². The minimum atomic E-state index is -0.301. The molecule has 1 aliphatic rings. The molecule has 2 rings (SSSR count). The van der Waals surface area contributed by atoms with Crippen molar-refractivity contribution in [3.8, 4) is 0 Å². The minimum absolute atomic E-state index is 0.232. The Balaban J connectivity index is 2.07. The number of halogens is 1. The standard InChI is InChI=1S/C10H13FN2/c11-9-4-7(1-2-10(9)12)3-8-5-13-6-8/h1-2,4,8,13H,3,5-6,12H2. The second-order valence-electron chi connectivity index (χ2n) is 3.58. The van der Waals surface area contributed by atoms with E-state index in [0.717, 1.165) is 25.1 Å². The largest absolute Gasteiger partial charge is 0.396 e. The molecule has 2 nitrogen and oxygen atoms in total. The predicted molar refractivity (Wildman–Crippen MR) is 50.9 cm³/mol. The van der Waals surface area contributed by atoms with Gasteiger partial charge in [-0.05, 0) is 43.1 Å². The number of nitrogens with one attached hydrogen (secondary N) is 1. The Morgan fingerprint density at radius 1 is 1.46 bits per heavy atom. The normalized spacial score (nSPS) is 17.0. The maximum absolute atomic E-state index is 13.0. The number of benzene rings is 1. The van der Waals surface area contributed by atoms with E-state index in [1.807, 2.05) is 6.07 Å². The van der Waals surface area contributed by atoms with Gasteiger partial charge in [-0.3, -0.25) is 0 Å². The van der Waals surface area contributed by atoms with E-state index in [1.165, 1.54) is 6.07 Å². The van der Waals surface area contributed by atoms with Gasteiger partial charge >= 0.3 is 0 Å². The van der Waals surface area contributed by atoms with E-state index in [1.54, 1.807) is 6.07 Å². The Bertz CT molecular complexity index is 308. The molecule has 1 saturated heterocycles. The Labute approximate surface area is 76.9 Å². The summed E-state index contributed by atoms with van der Waals surface area (Å²) < 4.78 is 13.0. The van der Waals surface area contributed by atoms with Crippen LogP contribution in [0.5, 0.6) is 0 Å². The first-order valence-electron chi connectivity index (χ1n) is 4.50. The molecular formula is C10H13FN2. The summed E-state index contributed by atoms with van der Waals surface area (Å²) in [5.74, 6) is 0.368. The molecule has 3 N–H and O–H groups in total. The zero-order valence-electron chi connectivity index (χ0n) is 7.39. The maximum atomic E-state index is 13.0. The lowest BCUT2D eigenvalue weighted by Gasteiger charge is -2.27. The Morgan fingerprint density at radius 3 is 2.77 bits per heavy atom. The molecule has 0 saturated carbocycles. The van der Waals surface area contributed by atoms with Crippen LogP contribution < -0.4 is 11.1 Å². The smallest absolute Gasteiger partial charge is 0.146 e. The minimum Gasteiger partial charge on any atom is -0.396 e. The second-order valence-corrected chi connectivity index (χ2v) is 3.58. The highest BCUT2D eigenvalue weighted by molar-refractivity contribution is 5.41. The molecule has 1 aliphatic heterocycles. The predicted octanol–water partition coefficient (Wildman–Crippen LogP) is 1.17. The van der Waals surface area contributed by atoms with Gasteiger partial charge in [0.1, 0.15) is 5.82 Å². The Hall–Kier alpha value is -1.09. The van der Waals surface area contributed by atoms with Gasteiger partial charge in [-0.2, -0.15) is 0 Å². The molecule has 1 fully saturated rings. The molecule has 13 heavy (non-hydrogen) atoms. The van der Waals surface area contributed by atoms with Gasteiger partial charge < -0.3 is 11.1 Å². The van der Waals surface area contributed by atoms with Crippen molar-refractivity contribution < 1.29 is 4.39 Å². The van der Waals surface area contributed by atoms with Crippen molar-refractivity contribution in [1.82, 2.24) is 5.32 Å². The summed E-state index contributed by atoms with van der Waals surface area (Å²) in [5, 5.41) is 3.19. The summed E-state index contributed by atoms with van der Waals surface area (Å²) in [5.41, 5.74) is 6.65. The number of anilines is 1. The van der Waals surface area contributed by atoms with Gasteiger partial charge in [0.15, 0.2) is 0 Å². The summed E-state index contributed by atoms with van der Waals surface area (Å²) in [6.45, 7) is 2.10. The molecule has 0 aromatic heterocycles. The van der Waals surface area contributed by atoms with Crippen molar-refractivity contribution in [3.63, 3.8) is 0 Å². The number of hydrogen-bond donors (Lipinski definition) is 2. The van der Waals surface area contributed by atoms with Gasteiger partial charge in [0, 0.05) is 0 Å². The number of rotatable bonds is 2. The lowest BCUT2D eigenvalue weighted by Crippen LogP contribution is -2.43. The number of hydrogen-bond acceptors (Lipinski definition) is 2. The first kappa shape index (κ1) is 8.51. The molecule has 70 valence electrons. The topological polar surface area (TPSA) is 38.0 Å². The highest BCUT2D eigenvalue weighted by Gasteiger charge is 2.17. The molecule has 0 spiro atoms. The highest BCUT2D eigenvalue weighted by atomic mass is 19.1. The van der Waals surface area contributed by atoms with Gasteiger partial charge in [-0.15, -0.1) is 0 Å². The highest BCUT2D eigenvalue weighted by Crippen LogP contribution is 2.16. The van der Waals surface area contributed by atoms with Crippen LogP contribution in [-0.4, -0.2) is 13.1 Å². The number of nitrogens with two attached hydrogens (primary N) is 1. The fraction of sp³-hybridized carbons (Fsp3) is 0.400. The molecule has 0 atom stereocenters. The average Bonchev–Trinajstić information content (AvgIpc) is 2.04. The van der Waals surface area contributed by atoms with Crippen LogP contribution >= 0.6 is 0 Å². The van der Waals surface area contributed by atoms with Crippen LogP contribution in [0.4, 0.5) is 10.1 Å². The van der Waals surface area contributed by atoms with Crippen LogP contribution in [0.15, 0.2) is 18.2 Å². The van der Waals surface area contributed by atoms with E-state index < -0.39 is 0 Å². The number of nitrogen functional groups attached to an aromatic ring is 1. The van der Waals surface area contributed by atoms with Crippen molar-refractivity contribution >= 4 is 5.69 Å². The van der Waals surface area contributed by atoms with Gasteiger partial charge in [-0.1, -0.05) is 6.07 Å². The molecule has 0 unspecified atom stereocenters. The van der Waals surface area contributed by atoms with Crippen LogP contribution in [0.2, 0.25) is 0 Å². The molecule has 1 aromatic rings. The Morgan fingerprint density at radius 2 is 2.23 bits per heavy atom. The molecule has 0 bridgehead atoms. The van der Waals surface area contributed by atoms with Crippen LogP contribution in [0.3, 0.4) is 0 Å². The van der Waals surface area contributed by atoms with E-state index in [2.05, 4.69) is 5.32 Å². The average molecular weight is 180 g/mol. The summed E-state index contributed by atoms with van der Waals surface area (Å²) in [6, 6.07) is 5.07. The van der Waals surface area contributed by atoms with Crippen molar-refractivity contribution in [2.45, 2.75) is 6.42 Å². The monoisotopic (exact) mass is 180 g/mol. The van der Waals surface area contributed by atoms with Crippen LogP contribution in [0, 0.1) is 11.7 Å². The Kier molecular flexibility index (Phi) is 2.19. The fourth-order valence-corrected chi connectivity index (χ4v) is 1.52. The lowest BCUT2D eigenvalue weighted by atomic mass is 9.94. The molecule has 0 radical (unpaired) electrons. The van der Waals surface area contributed by atoms with Crippen LogP contribution in [-0.2, 0) is 6.42 Å². The zero-order valence-corrected chi connectivity index (χ0v) is 7.39. The van der Waals surface area contributed by atoms with E-state index >= 15 is 0 Å². The summed E-state index contributed by atoms with van der Waals surface area (Å²) in [7, 11) is 0. The van der Waals surface area contributed by atoms with E-state index in [0.29, 0.717) is 5.92 Å². The van der Waals surface area contributed by atoms with E-state index in [4.69, 9.17) is 5.73 Å². The molecule has 0 aliphatic carbocycles. The van der Waals surface area contributed by atoms with Gasteiger partial charge in [0.25, 0.3) is 0 Å². The zero-order chi connectivity index (χ0) is 9.26. The van der Waals surface area contributed by atoms with Crippen LogP contribution in [0.25, 0.3) is 0 Å². The summed E-state index contributed by atoms with van der Waals surface area (Å²) in [4.78, 5) is 0. The molecule has 1 aromatic carbocycles. The molecule has 0 amide bonds. The van der Waals surface area contributed by atoms with Crippen molar-refractivity contribution in [1.29, 1.82) is 0 Å². The third kappa shape index (κ3) is 1.80. The summed E-state index contributed by atoms with van der Waals surface area (Å²) >= 11 is 0. The van der Waals surface area contributed by atoms with E-state index in [9.17, 15) is 4.39 Å². The first-order valence-corrected chi connectivity index (χ1v) is 4.50. The van der Waals surface area contributed by atoms with Gasteiger partial charge in [0.05, 0.1) is 5.69 Å². The lowest BCUT2D eigenvalue weighted by molar-refractivity contribution is 0.346.